The lowest BCUT2D eigenvalue weighted by Gasteiger charge is -1.99. The van der Waals surface area contributed by atoms with Crippen molar-refractivity contribution in [2.24, 2.45) is 0 Å². The van der Waals surface area contributed by atoms with Gasteiger partial charge in [-0.2, -0.15) is 5.26 Å². The van der Waals surface area contributed by atoms with Crippen LogP contribution in [0.4, 0.5) is 0 Å². The van der Waals surface area contributed by atoms with Crippen LogP contribution in [0.25, 0.3) is 22.9 Å². The molecule has 0 aliphatic heterocycles. The molecule has 2 aromatic heterocycles. The van der Waals surface area contributed by atoms with Crippen molar-refractivity contribution in [1.82, 2.24) is 4.98 Å². The first-order valence-corrected chi connectivity index (χ1v) is 9.17. The number of rotatable bonds is 3. The largest absolute Gasteiger partial charge is 0.235 e. The average molecular weight is 377 g/mol. The lowest BCUT2D eigenvalue weighted by atomic mass is 10.2. The standard InChI is InChI=1S/C17H10Cl2N2S2/c1-10-4-5-22-16(10)7-12(8-20)17-21-15(9-23-17)11-2-3-13(18)14(19)6-11/h2-7,9H,1H3. The van der Waals surface area contributed by atoms with Gasteiger partial charge in [-0.15, -0.1) is 22.7 Å². The number of benzene rings is 1. The van der Waals surface area contributed by atoms with Gasteiger partial charge in [-0.05, 0) is 42.1 Å². The molecule has 0 saturated carbocycles. The molecule has 0 N–H and O–H groups in total. The summed E-state index contributed by atoms with van der Waals surface area (Å²) in [6.07, 6.45) is 1.89. The lowest BCUT2D eigenvalue weighted by Crippen LogP contribution is -1.83. The fourth-order valence-corrected chi connectivity index (χ4v) is 3.94. The summed E-state index contributed by atoms with van der Waals surface area (Å²) < 4.78 is 0. The van der Waals surface area contributed by atoms with Crippen LogP contribution in [0.15, 0.2) is 35.0 Å². The summed E-state index contributed by atoms with van der Waals surface area (Å²) in [5, 5.41) is 15.1. The molecule has 0 bridgehead atoms. The lowest BCUT2D eigenvalue weighted by molar-refractivity contribution is 1.37. The third-order valence-corrected chi connectivity index (χ3v) is 5.83. The molecule has 114 valence electrons. The van der Waals surface area contributed by atoms with E-state index < -0.39 is 0 Å². The molecule has 0 spiro atoms. The Bertz CT molecular complexity index is 932. The molecule has 0 unspecified atom stereocenters. The number of thiophene rings is 1. The van der Waals surface area contributed by atoms with Gasteiger partial charge in [0.05, 0.1) is 21.3 Å². The number of nitriles is 1. The number of allylic oxidation sites excluding steroid dienone is 1. The Morgan fingerprint density at radius 2 is 2.04 bits per heavy atom. The Balaban J connectivity index is 1.97. The Kier molecular flexibility index (Phi) is 4.84. The van der Waals surface area contributed by atoms with Crippen LogP contribution in [-0.2, 0) is 0 Å². The van der Waals surface area contributed by atoms with Crippen molar-refractivity contribution in [3.8, 4) is 17.3 Å². The highest BCUT2D eigenvalue weighted by Gasteiger charge is 2.11. The second kappa shape index (κ2) is 6.86. The highest BCUT2D eigenvalue weighted by Crippen LogP contribution is 2.32. The highest BCUT2D eigenvalue weighted by atomic mass is 35.5. The van der Waals surface area contributed by atoms with E-state index in [4.69, 9.17) is 23.2 Å². The Morgan fingerprint density at radius 3 is 2.70 bits per heavy atom. The summed E-state index contributed by atoms with van der Waals surface area (Å²) in [5.41, 5.74) is 3.38. The quantitative estimate of drug-likeness (QED) is 0.485. The van der Waals surface area contributed by atoms with Gasteiger partial charge in [-0.3, -0.25) is 0 Å². The minimum atomic E-state index is 0.490. The van der Waals surface area contributed by atoms with Crippen molar-refractivity contribution in [3.63, 3.8) is 0 Å². The first kappa shape index (κ1) is 16.2. The van der Waals surface area contributed by atoms with Crippen LogP contribution in [0.2, 0.25) is 10.0 Å². The van der Waals surface area contributed by atoms with E-state index in [-0.39, 0.29) is 0 Å². The summed E-state index contributed by atoms with van der Waals surface area (Å²) in [6, 6.07) is 9.67. The van der Waals surface area contributed by atoms with Crippen LogP contribution in [0, 0.1) is 18.3 Å². The van der Waals surface area contributed by atoms with Gasteiger partial charge in [0.1, 0.15) is 11.1 Å². The molecule has 1 aromatic carbocycles. The van der Waals surface area contributed by atoms with Gasteiger partial charge >= 0.3 is 0 Å². The van der Waals surface area contributed by atoms with Crippen LogP contribution in [0.5, 0.6) is 0 Å². The molecule has 0 atom stereocenters. The normalized spacial score (nSPS) is 11.5. The van der Waals surface area contributed by atoms with E-state index in [1.54, 1.807) is 23.5 Å². The third-order valence-electron chi connectivity index (χ3n) is 3.25. The maximum Gasteiger partial charge on any atom is 0.134 e. The summed E-state index contributed by atoms with van der Waals surface area (Å²) in [4.78, 5) is 5.64. The third kappa shape index (κ3) is 3.49. The van der Waals surface area contributed by atoms with E-state index in [1.807, 2.05) is 35.9 Å². The molecule has 0 radical (unpaired) electrons. The molecule has 0 fully saturated rings. The van der Waals surface area contributed by atoms with Gasteiger partial charge < -0.3 is 0 Å². The summed E-state index contributed by atoms with van der Waals surface area (Å²) >= 11 is 15.0. The number of aryl methyl sites for hydroxylation is 1. The summed E-state index contributed by atoms with van der Waals surface area (Å²) in [7, 11) is 0. The molecule has 0 aliphatic rings. The first-order valence-electron chi connectivity index (χ1n) is 6.65. The van der Waals surface area contributed by atoms with Gasteiger partial charge in [0.15, 0.2) is 0 Å². The van der Waals surface area contributed by atoms with Crippen LogP contribution in [0.1, 0.15) is 15.4 Å². The van der Waals surface area contributed by atoms with E-state index in [2.05, 4.69) is 11.1 Å². The fourth-order valence-electron chi connectivity index (χ4n) is 1.99. The van der Waals surface area contributed by atoms with E-state index in [0.29, 0.717) is 20.6 Å². The zero-order chi connectivity index (χ0) is 16.4. The zero-order valence-corrected chi connectivity index (χ0v) is 15.2. The topological polar surface area (TPSA) is 36.7 Å². The van der Waals surface area contributed by atoms with Crippen LogP contribution >= 0.6 is 45.9 Å². The second-order valence-electron chi connectivity index (χ2n) is 4.80. The number of nitrogens with zero attached hydrogens (tertiary/aromatic N) is 2. The molecular formula is C17H10Cl2N2S2. The molecular weight excluding hydrogens is 367 g/mol. The second-order valence-corrected chi connectivity index (χ2v) is 7.42. The average Bonchev–Trinajstić information content (AvgIpc) is 3.17. The van der Waals surface area contributed by atoms with Gasteiger partial charge in [-0.1, -0.05) is 29.3 Å². The van der Waals surface area contributed by atoms with Crippen molar-refractivity contribution >= 4 is 57.5 Å². The van der Waals surface area contributed by atoms with Crippen molar-refractivity contribution in [2.75, 3.05) is 0 Å². The molecule has 0 saturated heterocycles. The minimum Gasteiger partial charge on any atom is -0.235 e. The number of aromatic nitrogens is 1. The van der Waals surface area contributed by atoms with Crippen LogP contribution < -0.4 is 0 Å². The molecule has 0 aliphatic carbocycles. The molecule has 3 rings (SSSR count). The van der Waals surface area contributed by atoms with Crippen molar-refractivity contribution < 1.29 is 0 Å². The predicted octanol–water partition coefficient (Wildman–Crippen LogP) is 6.55. The SMILES string of the molecule is Cc1ccsc1C=C(C#N)c1nc(-c2ccc(Cl)c(Cl)c2)cs1. The number of hydrogen-bond donors (Lipinski definition) is 0. The summed E-state index contributed by atoms with van der Waals surface area (Å²) in [5.74, 6) is 0. The zero-order valence-electron chi connectivity index (χ0n) is 12.0. The van der Waals surface area contributed by atoms with E-state index >= 15 is 0 Å². The molecule has 6 heteroatoms. The van der Waals surface area contributed by atoms with Gasteiger partial charge in [0, 0.05) is 15.8 Å². The predicted molar refractivity (Wildman–Crippen MR) is 100 cm³/mol. The number of thiazole rings is 1. The molecule has 2 nitrogen and oxygen atoms in total. The summed E-state index contributed by atoms with van der Waals surface area (Å²) in [6.45, 7) is 2.03. The van der Waals surface area contributed by atoms with Crippen molar-refractivity contribution in [1.29, 1.82) is 5.26 Å². The highest BCUT2D eigenvalue weighted by molar-refractivity contribution is 7.12. The Hall–Kier alpha value is -1.64. The van der Waals surface area contributed by atoms with Gasteiger partial charge in [0.2, 0.25) is 0 Å². The minimum absolute atomic E-state index is 0.490. The van der Waals surface area contributed by atoms with Crippen molar-refractivity contribution in [3.05, 3.63) is 60.5 Å². The Morgan fingerprint density at radius 1 is 1.22 bits per heavy atom. The molecule has 0 amide bonds. The van der Waals surface area contributed by atoms with E-state index in [0.717, 1.165) is 21.7 Å². The molecule has 23 heavy (non-hydrogen) atoms. The van der Waals surface area contributed by atoms with Crippen LogP contribution in [-0.4, -0.2) is 4.98 Å². The van der Waals surface area contributed by atoms with Crippen LogP contribution in [0.3, 0.4) is 0 Å². The van der Waals surface area contributed by atoms with E-state index in [1.165, 1.54) is 11.3 Å². The van der Waals surface area contributed by atoms with Gasteiger partial charge in [0.25, 0.3) is 0 Å². The number of hydrogen-bond acceptors (Lipinski definition) is 4. The monoisotopic (exact) mass is 376 g/mol. The maximum absolute atomic E-state index is 9.44. The van der Waals surface area contributed by atoms with Crippen molar-refractivity contribution in [2.45, 2.75) is 6.92 Å². The smallest absolute Gasteiger partial charge is 0.134 e. The number of halogens is 2. The molecule has 2 heterocycles. The fraction of sp³-hybridized carbons (Fsp3) is 0.0588. The molecule has 3 aromatic rings. The van der Waals surface area contributed by atoms with Gasteiger partial charge in [-0.25, -0.2) is 4.98 Å². The Labute approximate surface area is 152 Å². The first-order chi connectivity index (χ1) is 11.1. The van der Waals surface area contributed by atoms with E-state index in [9.17, 15) is 5.26 Å². The maximum atomic E-state index is 9.44.